The smallest absolute Gasteiger partial charge is 0.250 e. The van der Waals surface area contributed by atoms with Crippen LogP contribution >= 0.6 is 0 Å². The number of hydrogen-bond acceptors (Lipinski definition) is 3. The second kappa shape index (κ2) is 7.09. The van der Waals surface area contributed by atoms with E-state index >= 15 is 0 Å². The summed E-state index contributed by atoms with van der Waals surface area (Å²) in [5.74, 6) is -0.716. The molecule has 0 saturated heterocycles. The van der Waals surface area contributed by atoms with Crippen LogP contribution in [0.15, 0.2) is 18.2 Å². The SMILES string of the molecule is O=C(COC1CCCCC1)Nc1c(F)cccc1NC1CC1. The van der Waals surface area contributed by atoms with Crippen LogP contribution in [-0.4, -0.2) is 24.7 Å². The van der Waals surface area contributed by atoms with Crippen LogP contribution in [0.1, 0.15) is 44.9 Å². The number of carbonyl (C=O) groups is 1. The number of rotatable bonds is 6. The van der Waals surface area contributed by atoms with Gasteiger partial charge >= 0.3 is 0 Å². The maximum absolute atomic E-state index is 14.0. The number of carbonyl (C=O) groups excluding carboxylic acids is 1. The van der Waals surface area contributed by atoms with Crippen LogP contribution in [0, 0.1) is 5.82 Å². The summed E-state index contributed by atoms with van der Waals surface area (Å²) in [6, 6.07) is 5.19. The molecule has 2 N–H and O–H groups in total. The molecule has 0 heterocycles. The molecule has 4 nitrogen and oxygen atoms in total. The van der Waals surface area contributed by atoms with E-state index in [0.717, 1.165) is 38.5 Å². The highest BCUT2D eigenvalue weighted by Gasteiger charge is 2.23. The molecule has 0 aromatic heterocycles. The van der Waals surface area contributed by atoms with Crippen LogP contribution in [0.5, 0.6) is 0 Å². The van der Waals surface area contributed by atoms with Crippen molar-refractivity contribution in [3.8, 4) is 0 Å². The summed E-state index contributed by atoms with van der Waals surface area (Å²) >= 11 is 0. The third-order valence-corrected chi connectivity index (χ3v) is 4.22. The zero-order chi connectivity index (χ0) is 15.4. The van der Waals surface area contributed by atoms with Crippen LogP contribution < -0.4 is 10.6 Å². The minimum atomic E-state index is -0.420. The molecule has 3 rings (SSSR count). The zero-order valence-electron chi connectivity index (χ0n) is 12.7. The molecule has 0 unspecified atom stereocenters. The van der Waals surface area contributed by atoms with Crippen molar-refractivity contribution >= 4 is 17.3 Å². The number of halogens is 1. The van der Waals surface area contributed by atoms with E-state index in [4.69, 9.17) is 4.74 Å². The summed E-state index contributed by atoms with van der Waals surface area (Å²) in [7, 11) is 0. The predicted molar refractivity (Wildman–Crippen MR) is 84.5 cm³/mol. The fourth-order valence-corrected chi connectivity index (χ4v) is 2.82. The van der Waals surface area contributed by atoms with Crippen LogP contribution in [0.2, 0.25) is 0 Å². The Balaban J connectivity index is 1.55. The quantitative estimate of drug-likeness (QED) is 0.843. The lowest BCUT2D eigenvalue weighted by Gasteiger charge is -2.22. The Morgan fingerprint density at radius 2 is 1.95 bits per heavy atom. The second-order valence-electron chi connectivity index (χ2n) is 6.20. The molecule has 5 heteroatoms. The molecule has 2 fully saturated rings. The average Bonchev–Trinajstić information content (AvgIpc) is 3.34. The molecule has 1 aromatic carbocycles. The summed E-state index contributed by atoms with van der Waals surface area (Å²) in [6.07, 6.45) is 7.96. The van der Waals surface area contributed by atoms with E-state index in [9.17, 15) is 9.18 Å². The number of para-hydroxylation sites is 1. The number of hydrogen-bond donors (Lipinski definition) is 2. The Bertz CT molecular complexity index is 525. The molecule has 0 bridgehead atoms. The zero-order valence-corrected chi connectivity index (χ0v) is 12.7. The van der Waals surface area contributed by atoms with Gasteiger partial charge in [0, 0.05) is 6.04 Å². The number of nitrogens with one attached hydrogen (secondary N) is 2. The van der Waals surface area contributed by atoms with Gasteiger partial charge in [0.05, 0.1) is 11.8 Å². The van der Waals surface area contributed by atoms with E-state index in [0.29, 0.717) is 11.7 Å². The molecule has 22 heavy (non-hydrogen) atoms. The fraction of sp³-hybridized carbons (Fsp3) is 0.588. The van der Waals surface area contributed by atoms with Gasteiger partial charge in [0.1, 0.15) is 18.1 Å². The highest BCUT2D eigenvalue weighted by atomic mass is 19.1. The minimum Gasteiger partial charge on any atom is -0.381 e. The molecule has 0 aliphatic heterocycles. The molecular formula is C17H23FN2O2. The maximum atomic E-state index is 14.0. The molecule has 1 aromatic rings. The molecule has 2 saturated carbocycles. The van der Waals surface area contributed by atoms with Crippen LogP contribution in [0.3, 0.4) is 0 Å². The molecule has 0 spiro atoms. The van der Waals surface area contributed by atoms with Crippen LogP contribution in [0.4, 0.5) is 15.8 Å². The van der Waals surface area contributed by atoms with Gasteiger partial charge in [-0.3, -0.25) is 4.79 Å². The Labute approximate surface area is 130 Å². The largest absolute Gasteiger partial charge is 0.381 e. The van der Waals surface area contributed by atoms with Gasteiger partial charge < -0.3 is 15.4 Å². The molecule has 1 amide bonds. The van der Waals surface area contributed by atoms with Crippen molar-refractivity contribution in [1.29, 1.82) is 0 Å². The first kappa shape index (κ1) is 15.3. The second-order valence-corrected chi connectivity index (χ2v) is 6.20. The molecule has 0 radical (unpaired) electrons. The molecular weight excluding hydrogens is 283 g/mol. The van der Waals surface area contributed by atoms with Crippen molar-refractivity contribution < 1.29 is 13.9 Å². The number of anilines is 2. The third kappa shape index (κ3) is 4.19. The van der Waals surface area contributed by atoms with Crippen LogP contribution in [-0.2, 0) is 9.53 Å². The number of amides is 1. The van der Waals surface area contributed by atoms with Gasteiger partial charge in [-0.05, 0) is 37.8 Å². The van der Waals surface area contributed by atoms with E-state index in [-0.39, 0.29) is 24.3 Å². The molecule has 2 aliphatic rings. The normalized spacial score (nSPS) is 19.0. The monoisotopic (exact) mass is 306 g/mol. The first-order valence-corrected chi connectivity index (χ1v) is 8.19. The van der Waals surface area contributed by atoms with E-state index < -0.39 is 5.82 Å². The van der Waals surface area contributed by atoms with Gasteiger partial charge in [0.15, 0.2) is 0 Å². The van der Waals surface area contributed by atoms with Crippen molar-refractivity contribution in [3.63, 3.8) is 0 Å². The van der Waals surface area contributed by atoms with E-state index in [1.807, 2.05) is 0 Å². The number of ether oxygens (including phenoxy) is 1. The Hall–Kier alpha value is -1.62. The van der Waals surface area contributed by atoms with E-state index in [1.54, 1.807) is 12.1 Å². The average molecular weight is 306 g/mol. The van der Waals surface area contributed by atoms with E-state index in [2.05, 4.69) is 10.6 Å². The summed E-state index contributed by atoms with van der Waals surface area (Å²) in [5.41, 5.74) is 0.875. The fourth-order valence-electron chi connectivity index (χ4n) is 2.82. The van der Waals surface area contributed by atoms with Crippen molar-refractivity contribution in [2.75, 3.05) is 17.2 Å². The van der Waals surface area contributed by atoms with Gasteiger partial charge in [0.25, 0.3) is 5.91 Å². The third-order valence-electron chi connectivity index (χ3n) is 4.22. The summed E-state index contributed by atoms with van der Waals surface area (Å²) in [4.78, 5) is 12.0. The minimum absolute atomic E-state index is 0.0120. The summed E-state index contributed by atoms with van der Waals surface area (Å²) in [5, 5.41) is 5.89. The van der Waals surface area contributed by atoms with Crippen molar-refractivity contribution in [2.24, 2.45) is 0 Å². The Kier molecular flexibility index (Phi) is 4.93. The Morgan fingerprint density at radius 3 is 2.68 bits per heavy atom. The lowest BCUT2D eigenvalue weighted by Crippen LogP contribution is -2.25. The van der Waals surface area contributed by atoms with Crippen molar-refractivity contribution in [1.82, 2.24) is 0 Å². The topological polar surface area (TPSA) is 50.4 Å². The lowest BCUT2D eigenvalue weighted by atomic mass is 9.98. The van der Waals surface area contributed by atoms with Gasteiger partial charge in [-0.15, -0.1) is 0 Å². The highest BCUT2D eigenvalue weighted by molar-refractivity contribution is 5.95. The van der Waals surface area contributed by atoms with Crippen LogP contribution in [0.25, 0.3) is 0 Å². The molecule has 2 aliphatic carbocycles. The Morgan fingerprint density at radius 1 is 1.18 bits per heavy atom. The number of benzene rings is 1. The van der Waals surface area contributed by atoms with Gasteiger partial charge in [-0.2, -0.15) is 0 Å². The first-order valence-electron chi connectivity index (χ1n) is 8.19. The van der Waals surface area contributed by atoms with Crippen molar-refractivity contribution in [3.05, 3.63) is 24.0 Å². The van der Waals surface area contributed by atoms with E-state index in [1.165, 1.54) is 12.5 Å². The first-order chi connectivity index (χ1) is 10.7. The highest BCUT2D eigenvalue weighted by Crippen LogP contribution is 2.31. The summed E-state index contributed by atoms with van der Waals surface area (Å²) in [6.45, 7) is -0.0120. The van der Waals surface area contributed by atoms with Crippen molar-refractivity contribution in [2.45, 2.75) is 57.1 Å². The van der Waals surface area contributed by atoms with Gasteiger partial charge in [-0.1, -0.05) is 25.3 Å². The summed E-state index contributed by atoms with van der Waals surface area (Å²) < 4.78 is 19.6. The lowest BCUT2D eigenvalue weighted by molar-refractivity contribution is -0.123. The van der Waals surface area contributed by atoms with Gasteiger partial charge in [-0.25, -0.2) is 4.39 Å². The van der Waals surface area contributed by atoms with Gasteiger partial charge in [0.2, 0.25) is 0 Å². The standard InChI is InChI=1S/C17H23FN2O2/c18-14-7-4-8-15(19-12-9-10-12)17(14)20-16(21)11-22-13-5-2-1-3-6-13/h4,7-8,12-13,19H,1-3,5-6,9-11H2,(H,20,21). The predicted octanol–water partition coefficient (Wildman–Crippen LogP) is 3.69. The molecule has 120 valence electrons. The molecule has 0 atom stereocenters. The maximum Gasteiger partial charge on any atom is 0.250 e.